The van der Waals surface area contributed by atoms with Crippen LogP contribution in [0.2, 0.25) is 0 Å². The van der Waals surface area contributed by atoms with E-state index >= 15 is 0 Å². The van der Waals surface area contributed by atoms with Gasteiger partial charge in [-0.2, -0.15) is 4.52 Å². The minimum absolute atomic E-state index is 0.0436. The van der Waals surface area contributed by atoms with Crippen molar-refractivity contribution in [3.05, 3.63) is 75.5 Å². The fourth-order valence-electron chi connectivity index (χ4n) is 3.35. The Morgan fingerprint density at radius 2 is 1.85 bits per heavy atom. The minimum Gasteiger partial charge on any atom is -0.292 e. The molecule has 0 unspecified atom stereocenters. The Labute approximate surface area is 149 Å². The molecular weight excluding hydrogens is 328 g/mol. The number of para-hydroxylation sites is 1. The third-order valence-electron chi connectivity index (χ3n) is 4.54. The number of Topliss-reactive ketones (excluding diaryl/α,β-unsaturated/α-hetero) is 1. The highest BCUT2D eigenvalue weighted by atomic mass is 16.2. The molecule has 130 valence electrons. The van der Waals surface area contributed by atoms with Gasteiger partial charge in [0.15, 0.2) is 11.4 Å². The van der Waals surface area contributed by atoms with Gasteiger partial charge in [-0.25, -0.2) is 9.78 Å². The predicted molar refractivity (Wildman–Crippen MR) is 99.7 cm³/mol. The van der Waals surface area contributed by atoms with Gasteiger partial charge >= 0.3 is 5.69 Å². The van der Waals surface area contributed by atoms with Gasteiger partial charge in [0, 0.05) is 10.9 Å². The number of fused-ring (bicyclic) bond motifs is 3. The van der Waals surface area contributed by atoms with Crippen molar-refractivity contribution in [3.8, 4) is 0 Å². The van der Waals surface area contributed by atoms with E-state index in [1.54, 1.807) is 6.92 Å². The van der Waals surface area contributed by atoms with E-state index in [-0.39, 0.29) is 18.0 Å². The standard InChI is InChI=1S/C20H18N4O2/c1-12-8-9-15(13(2)10-12)18(25)11-23-17-7-5-4-6-16(17)19-21-14(3)22-24(19)20(23)26/h4-10H,11H2,1-3H3. The van der Waals surface area contributed by atoms with Gasteiger partial charge in [0.1, 0.15) is 5.82 Å². The quantitative estimate of drug-likeness (QED) is 0.535. The maximum absolute atomic E-state index is 12.9. The SMILES string of the molecule is Cc1ccc(C(=O)Cn2c(=O)n3nc(C)nc3c3ccccc32)c(C)c1. The van der Waals surface area contributed by atoms with Crippen LogP contribution in [0.4, 0.5) is 0 Å². The number of hydrogen-bond donors (Lipinski definition) is 0. The summed E-state index contributed by atoms with van der Waals surface area (Å²) in [7, 11) is 0. The minimum atomic E-state index is -0.364. The topological polar surface area (TPSA) is 69.3 Å². The van der Waals surface area contributed by atoms with E-state index in [9.17, 15) is 9.59 Å². The largest absolute Gasteiger partial charge is 0.351 e. The first-order valence-corrected chi connectivity index (χ1v) is 8.41. The van der Waals surface area contributed by atoms with Gasteiger partial charge in [-0.05, 0) is 38.5 Å². The molecule has 4 aromatic rings. The molecule has 0 spiro atoms. The maximum atomic E-state index is 12.9. The number of aromatic nitrogens is 4. The molecule has 2 aromatic heterocycles. The van der Waals surface area contributed by atoms with Gasteiger partial charge in [-0.1, -0.05) is 35.9 Å². The molecule has 0 aliphatic rings. The summed E-state index contributed by atoms with van der Waals surface area (Å²) in [5.41, 5.74) is 3.46. The van der Waals surface area contributed by atoms with Crippen LogP contribution in [0, 0.1) is 20.8 Å². The highest BCUT2D eigenvalue weighted by molar-refractivity contribution is 5.99. The highest BCUT2D eigenvalue weighted by Crippen LogP contribution is 2.18. The molecule has 2 heterocycles. The van der Waals surface area contributed by atoms with Crippen molar-refractivity contribution in [1.29, 1.82) is 0 Å². The molecule has 0 amide bonds. The molecule has 6 nitrogen and oxygen atoms in total. The third kappa shape index (κ3) is 2.50. The van der Waals surface area contributed by atoms with E-state index in [2.05, 4.69) is 10.1 Å². The fraction of sp³-hybridized carbons (Fsp3) is 0.200. The molecule has 4 rings (SSSR count). The summed E-state index contributed by atoms with van der Waals surface area (Å²) in [4.78, 5) is 30.2. The monoisotopic (exact) mass is 346 g/mol. The zero-order valence-electron chi connectivity index (χ0n) is 14.9. The molecule has 2 aromatic carbocycles. The number of nitrogens with zero attached hydrogens (tertiary/aromatic N) is 4. The number of carbonyl (C=O) groups is 1. The van der Waals surface area contributed by atoms with Crippen molar-refractivity contribution < 1.29 is 4.79 Å². The Bertz CT molecular complexity index is 1230. The van der Waals surface area contributed by atoms with E-state index in [1.165, 1.54) is 9.08 Å². The third-order valence-corrected chi connectivity index (χ3v) is 4.54. The van der Waals surface area contributed by atoms with Crippen LogP contribution >= 0.6 is 0 Å². The second-order valence-electron chi connectivity index (χ2n) is 6.52. The van der Waals surface area contributed by atoms with Gasteiger partial charge in [0.05, 0.1) is 12.1 Å². The first-order chi connectivity index (χ1) is 12.5. The second-order valence-corrected chi connectivity index (χ2v) is 6.52. The van der Waals surface area contributed by atoms with Crippen LogP contribution in [0.5, 0.6) is 0 Å². The lowest BCUT2D eigenvalue weighted by Gasteiger charge is -2.11. The number of benzene rings is 2. The van der Waals surface area contributed by atoms with Crippen LogP contribution in [-0.2, 0) is 6.54 Å². The van der Waals surface area contributed by atoms with Crippen LogP contribution in [-0.4, -0.2) is 24.9 Å². The van der Waals surface area contributed by atoms with Crippen LogP contribution in [0.1, 0.15) is 27.3 Å². The highest BCUT2D eigenvalue weighted by Gasteiger charge is 2.17. The number of aryl methyl sites for hydroxylation is 3. The normalized spacial score (nSPS) is 11.3. The summed E-state index contributed by atoms with van der Waals surface area (Å²) in [5.74, 6) is 0.414. The first-order valence-electron chi connectivity index (χ1n) is 8.41. The van der Waals surface area contributed by atoms with Gasteiger partial charge in [-0.3, -0.25) is 9.36 Å². The summed E-state index contributed by atoms with van der Waals surface area (Å²) in [6.07, 6.45) is 0. The molecule has 0 aliphatic heterocycles. The maximum Gasteiger partial charge on any atom is 0.351 e. The first kappa shape index (κ1) is 16.2. The Balaban J connectivity index is 1.91. The van der Waals surface area contributed by atoms with E-state index in [0.717, 1.165) is 16.5 Å². The van der Waals surface area contributed by atoms with Crippen molar-refractivity contribution in [2.75, 3.05) is 0 Å². The van der Waals surface area contributed by atoms with Crippen LogP contribution in [0.3, 0.4) is 0 Å². The van der Waals surface area contributed by atoms with Crippen LogP contribution < -0.4 is 5.69 Å². The number of hydrogen-bond acceptors (Lipinski definition) is 4. The van der Waals surface area contributed by atoms with Crippen molar-refractivity contribution in [2.45, 2.75) is 27.3 Å². The molecule has 0 saturated carbocycles. The molecule has 0 N–H and O–H groups in total. The molecule has 26 heavy (non-hydrogen) atoms. The Kier molecular flexibility index (Phi) is 3.68. The smallest absolute Gasteiger partial charge is 0.292 e. The Morgan fingerprint density at radius 1 is 1.08 bits per heavy atom. The van der Waals surface area contributed by atoms with Crippen molar-refractivity contribution in [1.82, 2.24) is 19.2 Å². The lowest BCUT2D eigenvalue weighted by atomic mass is 10.0. The molecule has 0 radical (unpaired) electrons. The second kappa shape index (κ2) is 5.91. The van der Waals surface area contributed by atoms with E-state index in [0.29, 0.717) is 22.6 Å². The summed E-state index contributed by atoms with van der Waals surface area (Å²) >= 11 is 0. The van der Waals surface area contributed by atoms with E-state index in [4.69, 9.17) is 0 Å². The molecule has 0 saturated heterocycles. The molecule has 0 bridgehead atoms. The average molecular weight is 346 g/mol. The van der Waals surface area contributed by atoms with E-state index < -0.39 is 0 Å². The Morgan fingerprint density at radius 3 is 2.62 bits per heavy atom. The van der Waals surface area contributed by atoms with Gasteiger partial charge in [-0.15, -0.1) is 5.10 Å². The zero-order valence-corrected chi connectivity index (χ0v) is 14.9. The molecule has 0 atom stereocenters. The summed E-state index contributed by atoms with van der Waals surface area (Å²) < 4.78 is 2.74. The van der Waals surface area contributed by atoms with Crippen molar-refractivity contribution >= 4 is 22.3 Å². The Hall–Kier alpha value is -3.28. The summed E-state index contributed by atoms with van der Waals surface area (Å²) in [6, 6.07) is 13.1. The van der Waals surface area contributed by atoms with Crippen LogP contribution in [0.15, 0.2) is 47.3 Å². The zero-order chi connectivity index (χ0) is 18.4. The number of rotatable bonds is 3. The summed E-state index contributed by atoms with van der Waals surface area (Å²) in [6.45, 7) is 5.59. The van der Waals surface area contributed by atoms with Crippen LogP contribution in [0.25, 0.3) is 16.6 Å². The van der Waals surface area contributed by atoms with Gasteiger partial charge in [0.25, 0.3) is 0 Å². The molecular formula is C20H18N4O2. The lowest BCUT2D eigenvalue weighted by Crippen LogP contribution is -2.30. The fourth-order valence-corrected chi connectivity index (χ4v) is 3.35. The number of carbonyl (C=O) groups excluding carboxylic acids is 1. The number of ketones is 1. The van der Waals surface area contributed by atoms with Crippen molar-refractivity contribution in [2.24, 2.45) is 0 Å². The molecule has 6 heteroatoms. The molecule has 0 aliphatic carbocycles. The van der Waals surface area contributed by atoms with Crippen molar-refractivity contribution in [3.63, 3.8) is 0 Å². The molecule has 0 fully saturated rings. The van der Waals surface area contributed by atoms with Gasteiger partial charge in [0.2, 0.25) is 0 Å². The predicted octanol–water partition coefficient (Wildman–Crippen LogP) is 2.85. The summed E-state index contributed by atoms with van der Waals surface area (Å²) in [5, 5.41) is 4.99. The lowest BCUT2D eigenvalue weighted by molar-refractivity contribution is 0.0971. The van der Waals surface area contributed by atoms with E-state index in [1.807, 2.05) is 56.3 Å². The van der Waals surface area contributed by atoms with Gasteiger partial charge < -0.3 is 0 Å². The average Bonchev–Trinajstić information content (AvgIpc) is 3.00.